The highest BCUT2D eigenvalue weighted by molar-refractivity contribution is 7.18. The molecule has 0 saturated carbocycles. The molecule has 1 aromatic carbocycles. The number of hydrogen-bond donors (Lipinski definition) is 0. The Morgan fingerprint density at radius 1 is 1.15 bits per heavy atom. The second kappa shape index (κ2) is 6.76. The molecule has 26 heavy (non-hydrogen) atoms. The summed E-state index contributed by atoms with van der Waals surface area (Å²) in [4.78, 5) is 11.9. The molecule has 6 heteroatoms. The second-order valence-corrected chi connectivity index (χ2v) is 7.71. The van der Waals surface area contributed by atoms with E-state index in [1.807, 2.05) is 19.1 Å². The van der Waals surface area contributed by atoms with Crippen molar-refractivity contribution in [3.8, 4) is 22.6 Å². The van der Waals surface area contributed by atoms with Crippen molar-refractivity contribution in [1.82, 2.24) is 9.97 Å². The van der Waals surface area contributed by atoms with Crippen LogP contribution < -0.4 is 14.4 Å². The number of ether oxygens (including phenoxy) is 2. The second-order valence-electron chi connectivity index (χ2n) is 6.83. The average Bonchev–Trinajstić information content (AvgIpc) is 3.26. The van der Waals surface area contributed by atoms with Gasteiger partial charge in [0.05, 0.1) is 24.4 Å². The minimum absolute atomic E-state index is 0.714. The normalized spacial score (nSPS) is 17.1. The Morgan fingerprint density at radius 2 is 1.96 bits per heavy atom. The number of nitrogens with zero attached hydrogens (tertiary/aromatic N) is 3. The Kier molecular flexibility index (Phi) is 4.44. The van der Waals surface area contributed by atoms with Gasteiger partial charge in [0.15, 0.2) is 11.5 Å². The van der Waals surface area contributed by atoms with Crippen molar-refractivity contribution in [2.45, 2.75) is 20.3 Å². The molecule has 0 N–H and O–H groups in total. The Labute approximate surface area is 157 Å². The molecule has 1 aliphatic rings. The number of benzene rings is 1. The molecule has 0 aliphatic carbocycles. The molecule has 0 bridgehead atoms. The third-order valence-electron chi connectivity index (χ3n) is 4.93. The zero-order valence-electron chi connectivity index (χ0n) is 15.6. The molecule has 5 nitrogen and oxygen atoms in total. The summed E-state index contributed by atoms with van der Waals surface area (Å²) in [7, 11) is 3.31. The molecule has 4 rings (SSSR count). The van der Waals surface area contributed by atoms with Gasteiger partial charge in [0, 0.05) is 24.0 Å². The summed E-state index contributed by atoms with van der Waals surface area (Å²) in [6.45, 7) is 6.40. The number of rotatable bonds is 4. The fourth-order valence-electron chi connectivity index (χ4n) is 3.56. The van der Waals surface area contributed by atoms with Crippen LogP contribution in [0, 0.1) is 12.8 Å². The predicted molar refractivity (Wildman–Crippen MR) is 107 cm³/mol. The lowest BCUT2D eigenvalue weighted by Crippen LogP contribution is -2.20. The summed E-state index contributed by atoms with van der Waals surface area (Å²) < 4.78 is 12.0. The molecule has 3 aromatic rings. The van der Waals surface area contributed by atoms with Gasteiger partial charge in [-0.15, -0.1) is 11.3 Å². The summed E-state index contributed by atoms with van der Waals surface area (Å²) in [5, 5.41) is 2.17. The van der Waals surface area contributed by atoms with Crippen molar-refractivity contribution in [3.05, 3.63) is 29.4 Å². The van der Waals surface area contributed by atoms with Gasteiger partial charge in [-0.2, -0.15) is 0 Å². The number of hydrogen-bond acceptors (Lipinski definition) is 6. The van der Waals surface area contributed by atoms with Crippen LogP contribution in [0.15, 0.2) is 23.6 Å². The third kappa shape index (κ3) is 2.88. The summed E-state index contributed by atoms with van der Waals surface area (Å²) in [5.74, 6) is 4.06. The largest absolute Gasteiger partial charge is 0.493 e. The van der Waals surface area contributed by atoms with E-state index in [9.17, 15) is 0 Å². The first-order valence-corrected chi connectivity index (χ1v) is 9.72. The van der Waals surface area contributed by atoms with E-state index in [0.29, 0.717) is 5.92 Å². The quantitative estimate of drug-likeness (QED) is 0.676. The van der Waals surface area contributed by atoms with Gasteiger partial charge < -0.3 is 14.4 Å². The molecule has 1 unspecified atom stereocenters. The maximum atomic E-state index is 5.46. The van der Waals surface area contributed by atoms with Gasteiger partial charge in [0.25, 0.3) is 0 Å². The highest BCUT2D eigenvalue weighted by Gasteiger charge is 2.24. The number of anilines is 1. The predicted octanol–water partition coefficient (Wildman–Crippen LogP) is 4.53. The van der Waals surface area contributed by atoms with Crippen LogP contribution in [0.1, 0.15) is 19.2 Å². The van der Waals surface area contributed by atoms with Gasteiger partial charge in [-0.05, 0) is 37.0 Å². The first kappa shape index (κ1) is 17.1. The molecule has 3 heterocycles. The summed E-state index contributed by atoms with van der Waals surface area (Å²) in [6.07, 6.45) is 1.22. The van der Waals surface area contributed by atoms with Crippen molar-refractivity contribution in [1.29, 1.82) is 0 Å². The molecular formula is C20H23N3O2S. The Bertz CT molecular complexity index is 954. The molecule has 1 fully saturated rings. The van der Waals surface area contributed by atoms with E-state index in [0.717, 1.165) is 57.6 Å². The van der Waals surface area contributed by atoms with Gasteiger partial charge >= 0.3 is 0 Å². The molecular weight excluding hydrogens is 346 g/mol. The number of methoxy groups -OCH3 is 2. The van der Waals surface area contributed by atoms with Gasteiger partial charge in [0.2, 0.25) is 0 Å². The van der Waals surface area contributed by atoms with Crippen LogP contribution in [-0.4, -0.2) is 37.3 Å². The Morgan fingerprint density at radius 3 is 2.65 bits per heavy atom. The SMILES string of the molecule is COc1ccc(-c2csc3c(N4CCC(C)C4)nc(C)nc23)cc1OC. The highest BCUT2D eigenvalue weighted by atomic mass is 32.1. The van der Waals surface area contributed by atoms with E-state index in [-0.39, 0.29) is 0 Å². The molecule has 136 valence electrons. The molecule has 2 aromatic heterocycles. The van der Waals surface area contributed by atoms with E-state index < -0.39 is 0 Å². The topological polar surface area (TPSA) is 47.5 Å². The number of aromatic nitrogens is 2. The lowest BCUT2D eigenvalue weighted by atomic mass is 10.1. The number of fused-ring (bicyclic) bond motifs is 1. The maximum absolute atomic E-state index is 5.46. The monoisotopic (exact) mass is 369 g/mol. The van der Waals surface area contributed by atoms with Crippen LogP contribution in [0.2, 0.25) is 0 Å². The molecule has 0 radical (unpaired) electrons. The summed E-state index contributed by atoms with van der Waals surface area (Å²) in [5.41, 5.74) is 3.21. The maximum Gasteiger partial charge on any atom is 0.161 e. The minimum atomic E-state index is 0.714. The standard InChI is InChI=1S/C20H23N3O2S/c1-12-7-8-23(10-12)20-19-18(21-13(2)22-20)15(11-26-19)14-5-6-16(24-3)17(9-14)25-4/h5-6,9,11-12H,7-8,10H2,1-4H3. The first-order chi connectivity index (χ1) is 12.6. The first-order valence-electron chi connectivity index (χ1n) is 8.84. The van der Waals surface area contributed by atoms with Crippen molar-refractivity contribution >= 4 is 27.4 Å². The van der Waals surface area contributed by atoms with Gasteiger partial charge in [-0.1, -0.05) is 13.0 Å². The van der Waals surface area contributed by atoms with E-state index in [1.165, 1.54) is 6.42 Å². The van der Waals surface area contributed by atoms with Gasteiger partial charge in [-0.25, -0.2) is 9.97 Å². The summed E-state index contributed by atoms with van der Waals surface area (Å²) in [6, 6.07) is 6.00. The zero-order valence-corrected chi connectivity index (χ0v) is 16.4. The van der Waals surface area contributed by atoms with E-state index in [1.54, 1.807) is 25.6 Å². The van der Waals surface area contributed by atoms with Crippen molar-refractivity contribution in [3.63, 3.8) is 0 Å². The van der Waals surface area contributed by atoms with Crippen molar-refractivity contribution < 1.29 is 9.47 Å². The molecule has 1 aliphatic heterocycles. The Hall–Kier alpha value is -2.34. The fourth-order valence-corrected chi connectivity index (χ4v) is 4.59. The molecule has 0 amide bonds. The molecule has 1 atom stereocenters. The van der Waals surface area contributed by atoms with Crippen LogP contribution in [0.3, 0.4) is 0 Å². The van der Waals surface area contributed by atoms with E-state index in [2.05, 4.69) is 23.3 Å². The zero-order chi connectivity index (χ0) is 18.3. The smallest absolute Gasteiger partial charge is 0.161 e. The van der Waals surface area contributed by atoms with Crippen LogP contribution in [0.5, 0.6) is 11.5 Å². The van der Waals surface area contributed by atoms with Gasteiger partial charge in [0.1, 0.15) is 11.6 Å². The highest BCUT2D eigenvalue weighted by Crippen LogP contribution is 2.40. The van der Waals surface area contributed by atoms with Crippen LogP contribution in [0.4, 0.5) is 5.82 Å². The van der Waals surface area contributed by atoms with E-state index >= 15 is 0 Å². The lowest BCUT2D eigenvalue weighted by molar-refractivity contribution is 0.355. The van der Waals surface area contributed by atoms with Crippen LogP contribution >= 0.6 is 11.3 Å². The van der Waals surface area contributed by atoms with Crippen LogP contribution in [0.25, 0.3) is 21.3 Å². The van der Waals surface area contributed by atoms with Gasteiger partial charge in [-0.3, -0.25) is 0 Å². The number of thiophene rings is 1. The van der Waals surface area contributed by atoms with Crippen molar-refractivity contribution in [2.24, 2.45) is 5.92 Å². The average molecular weight is 369 g/mol. The van der Waals surface area contributed by atoms with Crippen molar-refractivity contribution in [2.75, 3.05) is 32.2 Å². The third-order valence-corrected chi connectivity index (χ3v) is 5.89. The fraction of sp³-hybridized carbons (Fsp3) is 0.400. The van der Waals surface area contributed by atoms with E-state index in [4.69, 9.17) is 19.4 Å². The lowest BCUT2D eigenvalue weighted by Gasteiger charge is -2.18. The molecule has 0 spiro atoms. The minimum Gasteiger partial charge on any atom is -0.493 e. The molecule has 1 saturated heterocycles. The number of aryl methyl sites for hydroxylation is 1. The summed E-state index contributed by atoms with van der Waals surface area (Å²) >= 11 is 1.72. The van der Waals surface area contributed by atoms with Crippen LogP contribution in [-0.2, 0) is 0 Å². The Balaban J connectivity index is 1.84.